The molecule has 1 aromatic rings. The van der Waals surface area contributed by atoms with Gasteiger partial charge in [-0.2, -0.15) is 13.2 Å². The van der Waals surface area contributed by atoms with Crippen LogP contribution in [-0.2, 0) is 11.2 Å². The standard InChI is InChI=1S/C12H19F3N2OS/c1-3-16-6-9(2)10-7-19-11(17-10)4-5-18-8-12(13,14)15/h7,9,16H,3-6,8H2,1-2H3. The molecule has 1 heterocycles. The van der Waals surface area contributed by atoms with Crippen LogP contribution < -0.4 is 5.32 Å². The fraction of sp³-hybridized carbons (Fsp3) is 0.750. The summed E-state index contributed by atoms with van der Waals surface area (Å²) in [5.41, 5.74) is 0.983. The maximum Gasteiger partial charge on any atom is 0.411 e. The van der Waals surface area contributed by atoms with Crippen LogP contribution in [0.15, 0.2) is 5.38 Å². The minimum atomic E-state index is -4.26. The molecule has 19 heavy (non-hydrogen) atoms. The van der Waals surface area contributed by atoms with E-state index in [1.54, 1.807) is 0 Å². The van der Waals surface area contributed by atoms with E-state index in [0.717, 1.165) is 23.8 Å². The lowest BCUT2D eigenvalue weighted by Crippen LogP contribution is -2.19. The molecule has 0 aliphatic carbocycles. The second-order valence-corrected chi connectivity index (χ2v) is 5.24. The zero-order valence-electron chi connectivity index (χ0n) is 11.1. The summed E-state index contributed by atoms with van der Waals surface area (Å²) in [6.45, 7) is 4.73. The molecule has 0 aliphatic heterocycles. The summed E-state index contributed by atoms with van der Waals surface area (Å²) in [4.78, 5) is 4.41. The first kappa shape index (κ1) is 16.4. The Kier molecular flexibility index (Phi) is 6.74. The fourth-order valence-corrected chi connectivity index (χ4v) is 2.38. The smallest absolute Gasteiger partial charge is 0.372 e. The van der Waals surface area contributed by atoms with Crippen LogP contribution in [0.2, 0.25) is 0 Å². The quantitative estimate of drug-likeness (QED) is 0.749. The molecule has 110 valence electrons. The molecule has 0 saturated carbocycles. The van der Waals surface area contributed by atoms with Crippen LogP contribution in [0.1, 0.15) is 30.5 Å². The molecule has 0 amide bonds. The third kappa shape index (κ3) is 6.89. The van der Waals surface area contributed by atoms with Crippen molar-refractivity contribution in [3.05, 3.63) is 16.1 Å². The molecule has 1 aromatic heterocycles. The van der Waals surface area contributed by atoms with E-state index < -0.39 is 12.8 Å². The molecule has 1 N–H and O–H groups in total. The number of thiazole rings is 1. The predicted octanol–water partition coefficient (Wildman–Crippen LogP) is 2.98. The van der Waals surface area contributed by atoms with E-state index in [2.05, 4.69) is 22.0 Å². The lowest BCUT2D eigenvalue weighted by Gasteiger charge is -2.08. The van der Waals surface area contributed by atoms with Gasteiger partial charge in [0.2, 0.25) is 0 Å². The lowest BCUT2D eigenvalue weighted by molar-refractivity contribution is -0.173. The number of alkyl halides is 3. The summed E-state index contributed by atoms with van der Waals surface area (Å²) in [5.74, 6) is 0.307. The van der Waals surface area contributed by atoms with Crippen molar-refractivity contribution in [2.24, 2.45) is 0 Å². The normalized spacial score (nSPS) is 13.7. The van der Waals surface area contributed by atoms with Gasteiger partial charge in [0.15, 0.2) is 0 Å². The highest BCUT2D eigenvalue weighted by Crippen LogP contribution is 2.19. The average Bonchev–Trinajstić information content (AvgIpc) is 2.79. The van der Waals surface area contributed by atoms with Crippen molar-refractivity contribution in [2.75, 3.05) is 26.3 Å². The predicted molar refractivity (Wildman–Crippen MR) is 69.7 cm³/mol. The first-order valence-corrected chi connectivity index (χ1v) is 7.10. The van der Waals surface area contributed by atoms with Gasteiger partial charge in [-0.3, -0.25) is 0 Å². The van der Waals surface area contributed by atoms with E-state index in [9.17, 15) is 13.2 Å². The van der Waals surface area contributed by atoms with Crippen LogP contribution in [-0.4, -0.2) is 37.5 Å². The number of hydrogen-bond donors (Lipinski definition) is 1. The molecule has 7 heteroatoms. The van der Waals surface area contributed by atoms with Gasteiger partial charge in [0.25, 0.3) is 0 Å². The summed E-state index contributed by atoms with van der Waals surface area (Å²) in [6, 6.07) is 0. The summed E-state index contributed by atoms with van der Waals surface area (Å²) in [7, 11) is 0. The van der Waals surface area contributed by atoms with Gasteiger partial charge >= 0.3 is 6.18 Å². The van der Waals surface area contributed by atoms with Crippen LogP contribution in [0.4, 0.5) is 13.2 Å². The Morgan fingerprint density at radius 2 is 2.21 bits per heavy atom. The van der Waals surface area contributed by atoms with Gasteiger partial charge in [0, 0.05) is 24.3 Å². The van der Waals surface area contributed by atoms with Gasteiger partial charge in [-0.1, -0.05) is 13.8 Å². The number of aromatic nitrogens is 1. The lowest BCUT2D eigenvalue weighted by atomic mass is 10.1. The van der Waals surface area contributed by atoms with Crippen LogP contribution in [0.5, 0.6) is 0 Å². The summed E-state index contributed by atoms with van der Waals surface area (Å²) < 4.78 is 40.2. The Balaban J connectivity index is 2.30. The minimum absolute atomic E-state index is 0.0497. The third-order valence-corrected chi connectivity index (χ3v) is 3.43. The first-order valence-electron chi connectivity index (χ1n) is 6.22. The Morgan fingerprint density at radius 1 is 1.47 bits per heavy atom. The Morgan fingerprint density at radius 3 is 2.84 bits per heavy atom. The van der Waals surface area contributed by atoms with Crippen molar-refractivity contribution < 1.29 is 17.9 Å². The zero-order chi connectivity index (χ0) is 14.3. The number of ether oxygens (including phenoxy) is 1. The van der Waals surface area contributed by atoms with Gasteiger partial charge in [0.1, 0.15) is 6.61 Å². The highest BCUT2D eigenvalue weighted by Gasteiger charge is 2.27. The highest BCUT2D eigenvalue weighted by atomic mass is 32.1. The van der Waals surface area contributed by atoms with Gasteiger partial charge in [-0.25, -0.2) is 4.98 Å². The Hall–Kier alpha value is -0.660. The number of nitrogens with one attached hydrogen (secondary N) is 1. The summed E-state index contributed by atoms with van der Waals surface area (Å²) in [5, 5.41) is 6.02. The van der Waals surface area contributed by atoms with Gasteiger partial charge in [-0.15, -0.1) is 11.3 Å². The fourth-order valence-electron chi connectivity index (χ4n) is 1.48. The Bertz CT molecular complexity index is 368. The van der Waals surface area contributed by atoms with Crippen molar-refractivity contribution >= 4 is 11.3 Å². The van der Waals surface area contributed by atoms with E-state index in [1.165, 1.54) is 11.3 Å². The summed E-state index contributed by atoms with van der Waals surface area (Å²) in [6.07, 6.45) is -3.83. The minimum Gasteiger partial charge on any atom is -0.372 e. The second kappa shape index (κ2) is 7.81. The number of halogens is 3. The van der Waals surface area contributed by atoms with Crippen LogP contribution >= 0.6 is 11.3 Å². The van der Waals surface area contributed by atoms with Gasteiger partial charge < -0.3 is 10.1 Å². The average molecular weight is 296 g/mol. The van der Waals surface area contributed by atoms with Crippen LogP contribution in [0, 0.1) is 0 Å². The van der Waals surface area contributed by atoms with E-state index in [1.807, 2.05) is 12.3 Å². The van der Waals surface area contributed by atoms with Crippen molar-refractivity contribution in [1.29, 1.82) is 0 Å². The van der Waals surface area contributed by atoms with E-state index in [-0.39, 0.29) is 6.61 Å². The van der Waals surface area contributed by atoms with E-state index in [4.69, 9.17) is 0 Å². The molecule has 3 nitrogen and oxygen atoms in total. The van der Waals surface area contributed by atoms with E-state index in [0.29, 0.717) is 12.3 Å². The molecule has 0 bridgehead atoms. The summed E-state index contributed by atoms with van der Waals surface area (Å²) >= 11 is 1.47. The third-order valence-electron chi connectivity index (χ3n) is 2.50. The molecule has 0 aromatic carbocycles. The number of rotatable bonds is 8. The molecule has 1 rings (SSSR count). The van der Waals surface area contributed by atoms with Gasteiger partial charge in [-0.05, 0) is 6.54 Å². The molecule has 1 atom stereocenters. The van der Waals surface area contributed by atoms with E-state index >= 15 is 0 Å². The molecule has 0 saturated heterocycles. The zero-order valence-corrected chi connectivity index (χ0v) is 11.9. The molecule has 0 fully saturated rings. The first-order chi connectivity index (χ1) is 8.92. The SMILES string of the molecule is CCNCC(C)c1csc(CCOCC(F)(F)F)n1. The molecule has 0 spiro atoms. The van der Waals surface area contributed by atoms with Crippen molar-refractivity contribution in [2.45, 2.75) is 32.4 Å². The molecular formula is C12H19F3N2OS. The van der Waals surface area contributed by atoms with Crippen LogP contribution in [0.25, 0.3) is 0 Å². The van der Waals surface area contributed by atoms with Crippen LogP contribution in [0.3, 0.4) is 0 Å². The maximum absolute atomic E-state index is 11.9. The van der Waals surface area contributed by atoms with Crippen molar-refractivity contribution in [3.8, 4) is 0 Å². The number of likely N-dealkylation sites (N-methyl/N-ethyl adjacent to an activating group) is 1. The maximum atomic E-state index is 11.9. The Labute approximate surface area is 115 Å². The molecule has 0 aliphatic rings. The number of nitrogens with zero attached hydrogens (tertiary/aromatic N) is 1. The number of hydrogen-bond acceptors (Lipinski definition) is 4. The largest absolute Gasteiger partial charge is 0.411 e. The van der Waals surface area contributed by atoms with Crippen molar-refractivity contribution in [1.82, 2.24) is 10.3 Å². The highest BCUT2D eigenvalue weighted by molar-refractivity contribution is 7.09. The van der Waals surface area contributed by atoms with Gasteiger partial charge in [0.05, 0.1) is 17.3 Å². The second-order valence-electron chi connectivity index (χ2n) is 4.29. The topological polar surface area (TPSA) is 34.1 Å². The monoisotopic (exact) mass is 296 g/mol. The molecular weight excluding hydrogens is 277 g/mol. The van der Waals surface area contributed by atoms with Crippen molar-refractivity contribution in [3.63, 3.8) is 0 Å². The molecule has 0 radical (unpaired) electrons. The molecule has 1 unspecified atom stereocenters.